The Morgan fingerprint density at radius 3 is 2.76 bits per heavy atom. The van der Waals surface area contributed by atoms with Gasteiger partial charge in [0.2, 0.25) is 0 Å². The van der Waals surface area contributed by atoms with E-state index in [1.54, 1.807) is 6.92 Å². The van der Waals surface area contributed by atoms with Crippen LogP contribution in [0.3, 0.4) is 0 Å². The Kier molecular flexibility index (Phi) is 6.22. The van der Waals surface area contributed by atoms with Gasteiger partial charge in [-0.05, 0) is 32.7 Å². The van der Waals surface area contributed by atoms with Crippen LogP contribution >= 0.6 is 0 Å². The molecule has 1 fully saturated rings. The summed E-state index contributed by atoms with van der Waals surface area (Å²) in [6, 6.07) is 0. The van der Waals surface area contributed by atoms with E-state index in [2.05, 4.69) is 9.64 Å². The molecule has 0 aromatic carbocycles. The Morgan fingerprint density at radius 2 is 2.18 bits per heavy atom. The molecule has 4 nitrogen and oxygen atoms in total. The molecule has 0 atom stereocenters. The summed E-state index contributed by atoms with van der Waals surface area (Å²) in [4.78, 5) is 13.3. The molecule has 0 radical (unpaired) electrons. The lowest BCUT2D eigenvalue weighted by molar-refractivity contribution is -0.136. The van der Waals surface area contributed by atoms with E-state index in [1.165, 1.54) is 20.0 Å². The van der Waals surface area contributed by atoms with Gasteiger partial charge < -0.3 is 14.4 Å². The molecule has 0 aliphatic heterocycles. The van der Waals surface area contributed by atoms with Crippen molar-refractivity contribution >= 4 is 5.97 Å². The quantitative estimate of drug-likeness (QED) is 0.366. The van der Waals surface area contributed by atoms with Crippen LogP contribution in [0.4, 0.5) is 0 Å². The van der Waals surface area contributed by atoms with Crippen LogP contribution in [0.2, 0.25) is 0 Å². The zero-order chi connectivity index (χ0) is 12.7. The molecule has 1 aliphatic rings. The second-order valence-corrected chi connectivity index (χ2v) is 4.66. The Labute approximate surface area is 104 Å². The number of likely N-dealkylation sites (N-methyl/N-ethyl adjacent to an activating group) is 1. The van der Waals surface area contributed by atoms with Gasteiger partial charge in [0, 0.05) is 25.3 Å². The molecule has 4 heteroatoms. The van der Waals surface area contributed by atoms with Crippen molar-refractivity contribution < 1.29 is 14.3 Å². The molecule has 0 aromatic rings. The van der Waals surface area contributed by atoms with Gasteiger partial charge in [-0.3, -0.25) is 0 Å². The molecular formula is C13H23NO3. The number of hydrogen-bond acceptors (Lipinski definition) is 4. The first kappa shape index (κ1) is 14.2. The third kappa shape index (κ3) is 6.44. The van der Waals surface area contributed by atoms with E-state index in [9.17, 15) is 4.79 Å². The molecule has 1 aliphatic carbocycles. The fourth-order valence-electron chi connectivity index (χ4n) is 1.38. The van der Waals surface area contributed by atoms with E-state index < -0.39 is 0 Å². The summed E-state index contributed by atoms with van der Waals surface area (Å²) in [5, 5.41) is 0. The highest BCUT2D eigenvalue weighted by molar-refractivity contribution is 5.87. The van der Waals surface area contributed by atoms with Gasteiger partial charge in [0.25, 0.3) is 0 Å². The van der Waals surface area contributed by atoms with Crippen molar-refractivity contribution in [2.45, 2.75) is 19.8 Å². The lowest BCUT2D eigenvalue weighted by Crippen LogP contribution is -2.24. The molecule has 0 bridgehead atoms. The Balaban J connectivity index is 2.06. The number of esters is 1. The number of carbonyl (C=O) groups is 1. The van der Waals surface area contributed by atoms with E-state index in [4.69, 9.17) is 4.74 Å². The van der Waals surface area contributed by atoms with E-state index in [0.717, 1.165) is 32.2 Å². The van der Waals surface area contributed by atoms with Crippen LogP contribution in [0, 0.1) is 5.92 Å². The Hall–Kier alpha value is -0.870. The van der Waals surface area contributed by atoms with Gasteiger partial charge in [-0.25, -0.2) is 4.79 Å². The number of methoxy groups -OCH3 is 1. The Morgan fingerprint density at radius 1 is 1.47 bits per heavy atom. The molecular weight excluding hydrogens is 218 g/mol. The van der Waals surface area contributed by atoms with Crippen LogP contribution in [0.1, 0.15) is 19.8 Å². The van der Waals surface area contributed by atoms with Crippen LogP contribution < -0.4 is 0 Å². The third-order valence-electron chi connectivity index (χ3n) is 2.88. The minimum absolute atomic E-state index is 0.261. The Bertz CT molecular complexity index is 272. The number of carbonyl (C=O) groups excluding carboxylic acids is 1. The minimum atomic E-state index is -0.261. The minimum Gasteiger partial charge on any atom is -0.466 e. The van der Waals surface area contributed by atoms with Crippen LogP contribution in [-0.2, 0) is 14.3 Å². The highest BCUT2D eigenvalue weighted by atomic mass is 16.5. The second kappa shape index (κ2) is 7.45. The lowest BCUT2D eigenvalue weighted by Gasteiger charge is -2.14. The van der Waals surface area contributed by atoms with Crippen LogP contribution in [0.15, 0.2) is 11.6 Å². The third-order valence-corrected chi connectivity index (χ3v) is 2.88. The van der Waals surface area contributed by atoms with Gasteiger partial charge in [0.15, 0.2) is 0 Å². The average Bonchev–Trinajstić information content (AvgIpc) is 3.14. The fourth-order valence-corrected chi connectivity index (χ4v) is 1.38. The van der Waals surface area contributed by atoms with Crippen LogP contribution in [0.25, 0.3) is 0 Å². The summed E-state index contributed by atoms with van der Waals surface area (Å²) in [6.07, 6.45) is 4.54. The largest absolute Gasteiger partial charge is 0.466 e. The monoisotopic (exact) mass is 241 g/mol. The van der Waals surface area contributed by atoms with E-state index >= 15 is 0 Å². The first-order chi connectivity index (χ1) is 8.13. The van der Waals surface area contributed by atoms with Crippen LogP contribution in [-0.4, -0.2) is 51.3 Å². The fraction of sp³-hybridized carbons (Fsp3) is 0.769. The normalized spacial score (nSPS) is 16.4. The molecule has 98 valence electrons. The number of hydrogen-bond donors (Lipinski definition) is 0. The molecule has 1 saturated carbocycles. The SMILES string of the molecule is COC(=O)C(C)=CCN(C)CCOCC1CC1. The van der Waals surface area contributed by atoms with Gasteiger partial charge in [0.1, 0.15) is 0 Å². The smallest absolute Gasteiger partial charge is 0.333 e. The van der Waals surface area contributed by atoms with Crippen LogP contribution in [0.5, 0.6) is 0 Å². The zero-order valence-electron chi connectivity index (χ0n) is 11.1. The first-order valence-corrected chi connectivity index (χ1v) is 6.15. The van der Waals surface area contributed by atoms with Crippen molar-refractivity contribution in [2.24, 2.45) is 5.92 Å². The standard InChI is InChI=1S/C13H23NO3/c1-11(13(15)16-3)6-7-14(2)8-9-17-10-12-4-5-12/h6,12H,4-5,7-10H2,1-3H3. The summed E-state index contributed by atoms with van der Waals surface area (Å²) >= 11 is 0. The number of rotatable bonds is 8. The molecule has 0 spiro atoms. The van der Waals surface area contributed by atoms with Gasteiger partial charge >= 0.3 is 5.97 Å². The predicted octanol–water partition coefficient (Wildman–Crippen LogP) is 1.46. The highest BCUT2D eigenvalue weighted by Gasteiger charge is 2.20. The number of ether oxygens (including phenoxy) is 2. The van der Waals surface area contributed by atoms with Crippen molar-refractivity contribution in [1.29, 1.82) is 0 Å². The lowest BCUT2D eigenvalue weighted by atomic mass is 10.3. The summed E-state index contributed by atoms with van der Waals surface area (Å²) < 4.78 is 10.2. The summed E-state index contributed by atoms with van der Waals surface area (Å²) in [5.41, 5.74) is 0.651. The molecule has 0 saturated heterocycles. The van der Waals surface area contributed by atoms with Crippen molar-refractivity contribution in [3.63, 3.8) is 0 Å². The molecule has 17 heavy (non-hydrogen) atoms. The maximum Gasteiger partial charge on any atom is 0.333 e. The van der Waals surface area contributed by atoms with E-state index in [0.29, 0.717) is 5.57 Å². The molecule has 1 rings (SSSR count). The van der Waals surface area contributed by atoms with Gasteiger partial charge in [-0.2, -0.15) is 0 Å². The summed E-state index contributed by atoms with van der Waals surface area (Å²) in [6.45, 7) is 5.07. The molecule has 0 unspecified atom stereocenters. The van der Waals surface area contributed by atoms with Crippen molar-refractivity contribution in [3.05, 3.63) is 11.6 Å². The van der Waals surface area contributed by atoms with Crippen molar-refractivity contribution in [3.8, 4) is 0 Å². The maximum atomic E-state index is 11.1. The van der Waals surface area contributed by atoms with Crippen molar-refractivity contribution in [1.82, 2.24) is 4.90 Å². The summed E-state index contributed by atoms with van der Waals surface area (Å²) in [7, 11) is 3.41. The molecule has 0 aromatic heterocycles. The number of nitrogens with zero attached hydrogens (tertiary/aromatic N) is 1. The van der Waals surface area contributed by atoms with Gasteiger partial charge in [-0.1, -0.05) is 6.08 Å². The average molecular weight is 241 g/mol. The highest BCUT2D eigenvalue weighted by Crippen LogP contribution is 2.28. The summed E-state index contributed by atoms with van der Waals surface area (Å²) in [5.74, 6) is 0.560. The predicted molar refractivity (Wildman–Crippen MR) is 66.8 cm³/mol. The van der Waals surface area contributed by atoms with Crippen molar-refractivity contribution in [2.75, 3.05) is 40.5 Å². The van der Waals surface area contributed by atoms with E-state index in [-0.39, 0.29) is 5.97 Å². The molecule has 0 heterocycles. The van der Waals surface area contributed by atoms with Gasteiger partial charge in [0.05, 0.1) is 13.7 Å². The van der Waals surface area contributed by atoms with Gasteiger partial charge in [-0.15, -0.1) is 0 Å². The van der Waals surface area contributed by atoms with E-state index in [1.807, 2.05) is 13.1 Å². The second-order valence-electron chi connectivity index (χ2n) is 4.66. The first-order valence-electron chi connectivity index (χ1n) is 6.15. The molecule has 0 N–H and O–H groups in total. The zero-order valence-corrected chi connectivity index (χ0v) is 11.1. The maximum absolute atomic E-state index is 11.1. The topological polar surface area (TPSA) is 38.8 Å². The molecule has 0 amide bonds.